The van der Waals surface area contributed by atoms with Crippen LogP contribution in [0.4, 0.5) is 0 Å². The van der Waals surface area contributed by atoms with Crippen LogP contribution in [-0.4, -0.2) is 30.3 Å². The van der Waals surface area contributed by atoms with Crippen LogP contribution in [0.1, 0.15) is 12.0 Å². The van der Waals surface area contributed by atoms with E-state index in [1.54, 1.807) is 24.1 Å². The van der Waals surface area contributed by atoms with Crippen molar-refractivity contribution in [2.24, 2.45) is 5.92 Å². The summed E-state index contributed by atoms with van der Waals surface area (Å²) in [4.78, 5) is 24.8. The number of carbonyl (C=O) groups is 2. The van der Waals surface area contributed by atoms with Gasteiger partial charge in [-0.3, -0.25) is 9.59 Å². The van der Waals surface area contributed by atoms with Crippen molar-refractivity contribution in [3.8, 4) is 0 Å². The van der Waals surface area contributed by atoms with Crippen molar-refractivity contribution >= 4 is 35.0 Å². The summed E-state index contributed by atoms with van der Waals surface area (Å²) in [6.07, 6.45) is 0.256. The minimum Gasteiger partial charge on any atom is -0.355 e. The van der Waals surface area contributed by atoms with Crippen molar-refractivity contribution in [3.63, 3.8) is 0 Å². The van der Waals surface area contributed by atoms with E-state index in [4.69, 9.17) is 23.2 Å². The van der Waals surface area contributed by atoms with Gasteiger partial charge >= 0.3 is 0 Å². The summed E-state index contributed by atoms with van der Waals surface area (Å²) in [6, 6.07) is 5.33. The molecule has 4 nitrogen and oxygen atoms in total. The van der Waals surface area contributed by atoms with Crippen molar-refractivity contribution in [1.29, 1.82) is 0 Å². The lowest BCUT2D eigenvalue weighted by Crippen LogP contribution is -2.33. The lowest BCUT2D eigenvalue weighted by Gasteiger charge is -2.21. The molecule has 0 radical (unpaired) electrons. The van der Waals surface area contributed by atoms with E-state index in [1.807, 2.05) is 6.07 Å². The Morgan fingerprint density at radius 3 is 2.84 bits per heavy atom. The summed E-state index contributed by atoms with van der Waals surface area (Å²) < 4.78 is 0. The zero-order valence-electron chi connectivity index (χ0n) is 10.5. The molecule has 1 aromatic carbocycles. The summed E-state index contributed by atoms with van der Waals surface area (Å²) >= 11 is 12.0. The molecule has 102 valence electrons. The highest BCUT2D eigenvalue weighted by Gasteiger charge is 2.30. The third-order valence-corrected chi connectivity index (χ3v) is 4.00. The van der Waals surface area contributed by atoms with Gasteiger partial charge in [-0.1, -0.05) is 35.3 Å². The molecule has 1 heterocycles. The fourth-order valence-corrected chi connectivity index (χ4v) is 2.48. The number of carbonyl (C=O) groups excluding carboxylic acids is 2. The lowest BCUT2D eigenvalue weighted by molar-refractivity contribution is -0.135. The molecule has 0 spiro atoms. The Hall–Kier alpha value is -1.26. The largest absolute Gasteiger partial charge is 0.355 e. The van der Waals surface area contributed by atoms with Gasteiger partial charge in [0.1, 0.15) is 0 Å². The van der Waals surface area contributed by atoms with Crippen molar-refractivity contribution in [2.45, 2.75) is 13.0 Å². The van der Waals surface area contributed by atoms with E-state index in [0.717, 1.165) is 5.56 Å². The minimum absolute atomic E-state index is 0.0607. The van der Waals surface area contributed by atoms with Gasteiger partial charge in [-0.15, -0.1) is 0 Å². The first-order valence-corrected chi connectivity index (χ1v) is 6.69. The van der Waals surface area contributed by atoms with Crippen LogP contribution in [0, 0.1) is 5.92 Å². The summed E-state index contributed by atoms with van der Waals surface area (Å²) in [5, 5.41) is 3.59. The molecule has 1 aromatic rings. The highest BCUT2D eigenvalue weighted by Crippen LogP contribution is 2.26. The van der Waals surface area contributed by atoms with E-state index in [1.165, 1.54) is 0 Å². The predicted octanol–water partition coefficient (Wildman–Crippen LogP) is 2.09. The number of amides is 2. The molecule has 0 bridgehead atoms. The molecule has 6 heteroatoms. The summed E-state index contributed by atoms with van der Waals surface area (Å²) in [5.74, 6) is -0.419. The lowest BCUT2D eigenvalue weighted by atomic mass is 10.1. The Bertz CT molecular complexity index is 519. The van der Waals surface area contributed by atoms with Crippen LogP contribution in [0.3, 0.4) is 0 Å². The van der Waals surface area contributed by atoms with Crippen molar-refractivity contribution in [1.82, 2.24) is 10.2 Å². The van der Waals surface area contributed by atoms with E-state index in [2.05, 4.69) is 5.32 Å². The Morgan fingerprint density at radius 1 is 1.47 bits per heavy atom. The fourth-order valence-electron chi connectivity index (χ4n) is 2.10. The molecule has 1 N–H and O–H groups in total. The van der Waals surface area contributed by atoms with Gasteiger partial charge in [0.2, 0.25) is 11.8 Å². The molecule has 1 atom stereocenters. The summed E-state index contributed by atoms with van der Waals surface area (Å²) in [5.41, 5.74) is 0.794. The molecule has 0 saturated carbocycles. The van der Waals surface area contributed by atoms with Gasteiger partial charge in [-0.05, 0) is 11.6 Å². The monoisotopic (exact) mass is 300 g/mol. The quantitative estimate of drug-likeness (QED) is 0.929. The number of hydrogen-bond donors (Lipinski definition) is 1. The smallest absolute Gasteiger partial charge is 0.228 e. The van der Waals surface area contributed by atoms with E-state index in [-0.39, 0.29) is 24.2 Å². The predicted molar refractivity (Wildman–Crippen MR) is 74.1 cm³/mol. The van der Waals surface area contributed by atoms with Gasteiger partial charge in [0, 0.05) is 26.6 Å². The van der Waals surface area contributed by atoms with Gasteiger partial charge in [0.05, 0.1) is 16.0 Å². The summed E-state index contributed by atoms with van der Waals surface area (Å²) in [7, 11) is 1.70. The molecule has 0 aliphatic carbocycles. The maximum atomic E-state index is 12.1. The zero-order chi connectivity index (χ0) is 14.0. The highest BCUT2D eigenvalue weighted by atomic mass is 35.5. The second-order valence-corrected chi connectivity index (χ2v) is 5.40. The Kier molecular flexibility index (Phi) is 4.32. The van der Waals surface area contributed by atoms with Crippen LogP contribution < -0.4 is 5.32 Å². The maximum absolute atomic E-state index is 12.1. The third-order valence-electron chi connectivity index (χ3n) is 3.14. The Balaban J connectivity index is 2.04. The molecule has 1 aliphatic heterocycles. The van der Waals surface area contributed by atoms with Crippen molar-refractivity contribution < 1.29 is 9.59 Å². The molecular formula is C13H14Cl2N2O2. The van der Waals surface area contributed by atoms with Gasteiger partial charge in [-0.2, -0.15) is 0 Å². The van der Waals surface area contributed by atoms with Crippen molar-refractivity contribution in [3.05, 3.63) is 33.8 Å². The van der Waals surface area contributed by atoms with Crippen LogP contribution in [0.5, 0.6) is 0 Å². The molecule has 19 heavy (non-hydrogen) atoms. The average molecular weight is 301 g/mol. The topological polar surface area (TPSA) is 49.4 Å². The highest BCUT2D eigenvalue weighted by molar-refractivity contribution is 6.42. The Labute approximate surface area is 121 Å². The first-order valence-electron chi connectivity index (χ1n) is 5.93. The third kappa shape index (κ3) is 3.19. The maximum Gasteiger partial charge on any atom is 0.228 e. The Morgan fingerprint density at radius 2 is 2.21 bits per heavy atom. The number of benzene rings is 1. The number of hydrogen-bond acceptors (Lipinski definition) is 2. The standard InChI is InChI=1S/C13H14Cl2N2O2/c1-17(13(19)9-5-11(18)16-6-9)7-8-3-2-4-10(14)12(8)15/h2-4,9H,5-7H2,1H3,(H,16,18). The van der Waals surface area contributed by atoms with E-state index >= 15 is 0 Å². The minimum atomic E-state index is -0.282. The molecule has 0 aromatic heterocycles. The molecule has 1 unspecified atom stereocenters. The first kappa shape index (κ1) is 14.2. The van der Waals surface area contributed by atoms with Gasteiger partial charge in [0.25, 0.3) is 0 Å². The first-order chi connectivity index (χ1) is 8.99. The van der Waals surface area contributed by atoms with Crippen LogP contribution in [0.2, 0.25) is 10.0 Å². The molecular weight excluding hydrogens is 287 g/mol. The second-order valence-electron chi connectivity index (χ2n) is 4.61. The SMILES string of the molecule is CN(Cc1cccc(Cl)c1Cl)C(=O)C1CNC(=O)C1. The summed E-state index contributed by atoms with van der Waals surface area (Å²) in [6.45, 7) is 0.786. The fraction of sp³-hybridized carbons (Fsp3) is 0.385. The normalized spacial score (nSPS) is 18.3. The van der Waals surface area contributed by atoms with E-state index in [9.17, 15) is 9.59 Å². The van der Waals surface area contributed by atoms with Gasteiger partial charge in [0.15, 0.2) is 0 Å². The van der Waals surface area contributed by atoms with Crippen LogP contribution in [-0.2, 0) is 16.1 Å². The number of nitrogens with zero attached hydrogens (tertiary/aromatic N) is 1. The zero-order valence-corrected chi connectivity index (χ0v) is 12.0. The van der Waals surface area contributed by atoms with E-state index in [0.29, 0.717) is 23.1 Å². The molecule has 1 fully saturated rings. The van der Waals surface area contributed by atoms with Crippen molar-refractivity contribution in [2.75, 3.05) is 13.6 Å². The van der Waals surface area contributed by atoms with Crippen LogP contribution >= 0.6 is 23.2 Å². The molecule has 1 aliphatic rings. The molecule has 1 saturated heterocycles. The molecule has 2 amide bonds. The second kappa shape index (κ2) is 5.80. The van der Waals surface area contributed by atoms with E-state index < -0.39 is 0 Å². The van der Waals surface area contributed by atoms with Gasteiger partial charge in [-0.25, -0.2) is 0 Å². The number of nitrogens with one attached hydrogen (secondary N) is 1. The average Bonchev–Trinajstić information content (AvgIpc) is 2.80. The molecule has 2 rings (SSSR count). The van der Waals surface area contributed by atoms with Crippen LogP contribution in [0.15, 0.2) is 18.2 Å². The van der Waals surface area contributed by atoms with Crippen LogP contribution in [0.25, 0.3) is 0 Å². The number of halogens is 2. The van der Waals surface area contributed by atoms with Gasteiger partial charge < -0.3 is 10.2 Å². The number of rotatable bonds is 3.